The first-order valence-corrected chi connectivity index (χ1v) is 8.05. The van der Waals surface area contributed by atoms with Gasteiger partial charge in [-0.05, 0) is 41.0 Å². The summed E-state index contributed by atoms with van der Waals surface area (Å²) in [5.41, 5.74) is 12.0. The van der Waals surface area contributed by atoms with Crippen molar-refractivity contribution in [1.29, 1.82) is 5.26 Å². The van der Waals surface area contributed by atoms with Crippen molar-refractivity contribution >= 4 is 11.0 Å². The third-order valence-electron chi connectivity index (χ3n) is 4.30. The van der Waals surface area contributed by atoms with Crippen LogP contribution < -0.4 is 5.73 Å². The lowest BCUT2D eigenvalue weighted by atomic mass is 10.0. The minimum absolute atomic E-state index is 0.285. The molecule has 120 valence electrons. The van der Waals surface area contributed by atoms with Crippen LogP contribution >= 0.6 is 0 Å². The van der Waals surface area contributed by atoms with E-state index in [0.29, 0.717) is 5.56 Å². The number of H-pyrrole nitrogens is 1. The van der Waals surface area contributed by atoms with Gasteiger partial charge in [0.2, 0.25) is 0 Å². The van der Waals surface area contributed by atoms with Crippen LogP contribution in [0.5, 0.6) is 0 Å². The summed E-state index contributed by atoms with van der Waals surface area (Å²) < 4.78 is 0. The van der Waals surface area contributed by atoms with E-state index in [0.717, 1.165) is 33.5 Å². The van der Waals surface area contributed by atoms with Gasteiger partial charge in [-0.2, -0.15) is 5.26 Å². The summed E-state index contributed by atoms with van der Waals surface area (Å²) in [6, 6.07) is 25.4. The molecule has 1 heterocycles. The fourth-order valence-corrected chi connectivity index (χ4v) is 2.91. The standard InChI is InChI=1S/C21H16N4/c22-13-14-6-8-15(9-7-14)17-10-11-18-19(12-17)25-21(24-18)20(23)16-4-2-1-3-5-16/h1-12,20H,23H2,(H,24,25)/t20-/m0/s1. The molecule has 0 unspecified atom stereocenters. The van der Waals surface area contributed by atoms with Crippen molar-refractivity contribution in [2.45, 2.75) is 6.04 Å². The Morgan fingerprint density at radius 2 is 1.64 bits per heavy atom. The molecule has 0 saturated carbocycles. The number of nitrogens with one attached hydrogen (secondary N) is 1. The fraction of sp³-hybridized carbons (Fsp3) is 0.0476. The van der Waals surface area contributed by atoms with Gasteiger partial charge in [0.25, 0.3) is 0 Å². The molecule has 1 aromatic heterocycles. The highest BCUT2D eigenvalue weighted by molar-refractivity contribution is 5.82. The minimum Gasteiger partial charge on any atom is -0.340 e. The molecule has 0 amide bonds. The van der Waals surface area contributed by atoms with Gasteiger partial charge in [0.15, 0.2) is 0 Å². The normalized spacial score (nSPS) is 12.0. The van der Waals surface area contributed by atoms with Crippen LogP contribution in [0.3, 0.4) is 0 Å². The highest BCUT2D eigenvalue weighted by Gasteiger charge is 2.13. The monoisotopic (exact) mass is 324 g/mol. The molecule has 4 nitrogen and oxygen atoms in total. The molecule has 4 aromatic rings. The molecule has 0 aliphatic carbocycles. The first-order chi connectivity index (χ1) is 12.2. The molecule has 0 aliphatic rings. The van der Waals surface area contributed by atoms with E-state index >= 15 is 0 Å². The van der Waals surface area contributed by atoms with Crippen molar-refractivity contribution < 1.29 is 0 Å². The lowest BCUT2D eigenvalue weighted by molar-refractivity contribution is 0.806. The van der Waals surface area contributed by atoms with E-state index in [1.54, 1.807) is 0 Å². The van der Waals surface area contributed by atoms with Crippen molar-refractivity contribution in [2.75, 3.05) is 0 Å². The van der Waals surface area contributed by atoms with E-state index in [-0.39, 0.29) is 6.04 Å². The maximum atomic E-state index is 8.91. The second-order valence-corrected chi connectivity index (χ2v) is 5.93. The third-order valence-corrected chi connectivity index (χ3v) is 4.30. The molecule has 3 aromatic carbocycles. The molecule has 0 bridgehead atoms. The topological polar surface area (TPSA) is 78.5 Å². The smallest absolute Gasteiger partial charge is 0.128 e. The van der Waals surface area contributed by atoms with Crippen LogP contribution in [0.15, 0.2) is 72.8 Å². The largest absolute Gasteiger partial charge is 0.340 e. The Morgan fingerprint density at radius 3 is 2.36 bits per heavy atom. The predicted molar refractivity (Wildman–Crippen MR) is 98.7 cm³/mol. The number of nitrogens with two attached hydrogens (primary N) is 1. The Balaban J connectivity index is 1.71. The van der Waals surface area contributed by atoms with Crippen LogP contribution in [0.25, 0.3) is 22.2 Å². The number of fused-ring (bicyclic) bond motifs is 1. The van der Waals surface area contributed by atoms with Crippen LogP contribution in [-0.4, -0.2) is 9.97 Å². The van der Waals surface area contributed by atoms with Crippen LogP contribution in [0.1, 0.15) is 23.0 Å². The van der Waals surface area contributed by atoms with E-state index in [1.807, 2.05) is 72.8 Å². The van der Waals surface area contributed by atoms with Gasteiger partial charge >= 0.3 is 0 Å². The summed E-state index contributed by atoms with van der Waals surface area (Å²) in [5.74, 6) is 0.748. The Bertz CT molecular complexity index is 1060. The summed E-state index contributed by atoms with van der Waals surface area (Å²) in [4.78, 5) is 7.99. The second-order valence-electron chi connectivity index (χ2n) is 5.93. The number of aromatic nitrogens is 2. The number of nitriles is 1. The van der Waals surface area contributed by atoms with Crippen LogP contribution in [0, 0.1) is 11.3 Å². The molecule has 1 atom stereocenters. The van der Waals surface area contributed by atoms with Crippen LogP contribution in [-0.2, 0) is 0 Å². The molecule has 0 aliphatic heterocycles. The van der Waals surface area contributed by atoms with Gasteiger partial charge in [0.05, 0.1) is 28.7 Å². The lowest BCUT2D eigenvalue weighted by Gasteiger charge is -2.08. The van der Waals surface area contributed by atoms with E-state index < -0.39 is 0 Å². The average molecular weight is 324 g/mol. The first kappa shape index (κ1) is 15.1. The number of aromatic amines is 1. The van der Waals surface area contributed by atoms with E-state index in [1.165, 1.54) is 0 Å². The average Bonchev–Trinajstić information content (AvgIpc) is 3.11. The molecule has 0 fully saturated rings. The lowest BCUT2D eigenvalue weighted by Crippen LogP contribution is -2.13. The molecule has 4 rings (SSSR count). The molecule has 0 radical (unpaired) electrons. The second kappa shape index (κ2) is 6.23. The van der Waals surface area contributed by atoms with Gasteiger partial charge in [0, 0.05) is 0 Å². The number of hydrogen-bond donors (Lipinski definition) is 2. The van der Waals surface area contributed by atoms with E-state index in [2.05, 4.69) is 16.0 Å². The maximum Gasteiger partial charge on any atom is 0.128 e. The molecular formula is C21H16N4. The third kappa shape index (κ3) is 2.89. The zero-order valence-electron chi connectivity index (χ0n) is 13.5. The van der Waals surface area contributed by atoms with Crippen LogP contribution in [0.4, 0.5) is 0 Å². The number of nitrogens with zero attached hydrogens (tertiary/aromatic N) is 2. The zero-order valence-corrected chi connectivity index (χ0v) is 13.5. The Labute approximate surface area is 145 Å². The molecule has 25 heavy (non-hydrogen) atoms. The van der Waals surface area contributed by atoms with Crippen molar-refractivity contribution in [3.05, 3.63) is 89.7 Å². The highest BCUT2D eigenvalue weighted by Crippen LogP contribution is 2.26. The van der Waals surface area contributed by atoms with Crippen molar-refractivity contribution in [3.63, 3.8) is 0 Å². The summed E-state index contributed by atoms with van der Waals surface area (Å²) in [5, 5.41) is 8.91. The first-order valence-electron chi connectivity index (χ1n) is 8.05. The maximum absolute atomic E-state index is 8.91. The quantitative estimate of drug-likeness (QED) is 0.594. The number of hydrogen-bond acceptors (Lipinski definition) is 3. The van der Waals surface area contributed by atoms with Gasteiger partial charge in [-0.15, -0.1) is 0 Å². The minimum atomic E-state index is -0.285. The molecule has 4 heteroatoms. The molecule has 0 spiro atoms. The highest BCUT2D eigenvalue weighted by atomic mass is 15.0. The predicted octanol–water partition coefficient (Wildman–Crippen LogP) is 4.15. The van der Waals surface area contributed by atoms with Crippen molar-refractivity contribution in [2.24, 2.45) is 5.73 Å². The van der Waals surface area contributed by atoms with Crippen molar-refractivity contribution in [1.82, 2.24) is 9.97 Å². The van der Waals surface area contributed by atoms with Gasteiger partial charge in [-0.25, -0.2) is 4.98 Å². The summed E-state index contributed by atoms with van der Waals surface area (Å²) >= 11 is 0. The fourth-order valence-electron chi connectivity index (χ4n) is 2.91. The number of benzene rings is 3. The summed E-state index contributed by atoms with van der Waals surface area (Å²) in [6.07, 6.45) is 0. The zero-order chi connectivity index (χ0) is 17.2. The Morgan fingerprint density at radius 1 is 0.920 bits per heavy atom. The van der Waals surface area contributed by atoms with Gasteiger partial charge in [0.1, 0.15) is 5.82 Å². The van der Waals surface area contributed by atoms with Crippen LogP contribution in [0.2, 0.25) is 0 Å². The van der Waals surface area contributed by atoms with Gasteiger partial charge in [-0.3, -0.25) is 0 Å². The molecule has 0 saturated heterocycles. The molecule has 3 N–H and O–H groups in total. The number of imidazole rings is 1. The molecular weight excluding hydrogens is 308 g/mol. The Hall–Kier alpha value is -3.42. The summed E-state index contributed by atoms with van der Waals surface area (Å²) in [6.45, 7) is 0. The summed E-state index contributed by atoms with van der Waals surface area (Å²) in [7, 11) is 0. The van der Waals surface area contributed by atoms with Crippen molar-refractivity contribution in [3.8, 4) is 17.2 Å². The van der Waals surface area contributed by atoms with E-state index in [9.17, 15) is 0 Å². The Kier molecular flexibility index (Phi) is 3.77. The van der Waals surface area contributed by atoms with Gasteiger partial charge < -0.3 is 10.7 Å². The number of rotatable bonds is 3. The van der Waals surface area contributed by atoms with E-state index in [4.69, 9.17) is 11.0 Å². The SMILES string of the molecule is N#Cc1ccc(-c2ccc3[nH]c([C@@H](N)c4ccccc4)nc3c2)cc1. The van der Waals surface area contributed by atoms with Gasteiger partial charge in [-0.1, -0.05) is 48.5 Å².